The number of rotatable bonds is 3. The molecule has 0 amide bonds. The molecule has 0 bridgehead atoms. The van der Waals surface area contributed by atoms with E-state index in [1.165, 1.54) is 25.0 Å². The number of hydrogen-bond acceptors (Lipinski definition) is 2. The van der Waals surface area contributed by atoms with E-state index >= 15 is 0 Å². The van der Waals surface area contributed by atoms with E-state index in [2.05, 4.69) is 0 Å². The maximum atomic E-state index is 13.2. The third kappa shape index (κ3) is 3.00. The van der Waals surface area contributed by atoms with Crippen LogP contribution in [0.3, 0.4) is 0 Å². The highest BCUT2D eigenvalue weighted by Gasteiger charge is 2.48. The van der Waals surface area contributed by atoms with Gasteiger partial charge in [-0.25, -0.2) is 4.39 Å². The van der Waals surface area contributed by atoms with Gasteiger partial charge in [-0.2, -0.15) is 0 Å². The first-order valence-electron chi connectivity index (χ1n) is 7.62. The highest BCUT2D eigenvalue weighted by Crippen LogP contribution is 2.50. The molecule has 1 unspecified atom stereocenters. The van der Waals surface area contributed by atoms with Gasteiger partial charge in [-0.3, -0.25) is 4.79 Å². The molecule has 3 rings (SSSR count). The highest BCUT2D eigenvalue weighted by molar-refractivity contribution is 6.63. The predicted octanol–water partition coefficient (Wildman–Crippen LogP) is 4.34. The van der Waals surface area contributed by atoms with Gasteiger partial charge in [-0.1, -0.05) is 25.0 Å². The molecule has 1 aliphatic carbocycles. The van der Waals surface area contributed by atoms with Crippen LogP contribution >= 0.6 is 11.6 Å². The van der Waals surface area contributed by atoms with Crippen LogP contribution in [0.5, 0.6) is 0 Å². The van der Waals surface area contributed by atoms with E-state index in [0.717, 1.165) is 31.2 Å². The fraction of sp³-hybridized carbons (Fsp3) is 0.588. The molecule has 0 radical (unpaired) electrons. The normalized spacial score (nSPS) is 27.9. The summed E-state index contributed by atoms with van der Waals surface area (Å²) in [6.07, 6.45) is 6.32. The Morgan fingerprint density at radius 2 is 1.86 bits per heavy atom. The monoisotopic (exact) mass is 310 g/mol. The minimum absolute atomic E-state index is 0.112. The zero-order chi connectivity index (χ0) is 14.9. The summed E-state index contributed by atoms with van der Waals surface area (Å²) in [4.78, 5) is 11.6. The summed E-state index contributed by atoms with van der Waals surface area (Å²) in [5, 5.41) is -0.325. The molecule has 21 heavy (non-hydrogen) atoms. The lowest BCUT2D eigenvalue weighted by Gasteiger charge is -2.46. The van der Waals surface area contributed by atoms with E-state index in [1.54, 1.807) is 12.1 Å². The molecule has 2 nitrogen and oxygen atoms in total. The number of benzene rings is 1. The van der Waals surface area contributed by atoms with Crippen molar-refractivity contribution >= 4 is 16.8 Å². The van der Waals surface area contributed by atoms with Crippen molar-refractivity contribution in [1.29, 1.82) is 0 Å². The molecule has 1 aromatic carbocycles. The molecule has 1 atom stereocenters. The lowest BCUT2D eigenvalue weighted by atomic mass is 9.66. The van der Waals surface area contributed by atoms with E-state index in [-0.39, 0.29) is 22.1 Å². The minimum Gasteiger partial charge on any atom is -0.375 e. The smallest absolute Gasteiger partial charge is 0.222 e. The Hall–Kier alpha value is -0.930. The topological polar surface area (TPSA) is 26.3 Å². The van der Waals surface area contributed by atoms with Gasteiger partial charge in [0.1, 0.15) is 5.82 Å². The molecule has 2 fully saturated rings. The van der Waals surface area contributed by atoms with Gasteiger partial charge >= 0.3 is 0 Å². The minimum atomic E-state index is -0.325. The standard InChI is InChI=1S/C17H20ClFO2/c18-15(20)11-16(13-3-5-14(19)6-4-13)9-10-21-17(12-16)7-1-2-8-17/h3-6H,1-2,7-12H2. The van der Waals surface area contributed by atoms with Gasteiger partial charge in [-0.05, 0) is 55.0 Å². The summed E-state index contributed by atoms with van der Waals surface area (Å²) in [6, 6.07) is 6.52. The zero-order valence-corrected chi connectivity index (χ0v) is 12.8. The molecule has 0 aromatic heterocycles. The van der Waals surface area contributed by atoms with Crippen molar-refractivity contribution in [2.45, 2.75) is 56.0 Å². The van der Waals surface area contributed by atoms with Gasteiger partial charge in [0.2, 0.25) is 5.24 Å². The molecule has 2 aliphatic rings. The van der Waals surface area contributed by atoms with Gasteiger partial charge in [0, 0.05) is 18.4 Å². The number of carbonyl (C=O) groups is 1. The van der Waals surface area contributed by atoms with Crippen LogP contribution in [0.2, 0.25) is 0 Å². The van der Waals surface area contributed by atoms with Crippen molar-refractivity contribution in [3.8, 4) is 0 Å². The summed E-state index contributed by atoms with van der Waals surface area (Å²) < 4.78 is 19.3. The van der Waals surface area contributed by atoms with Crippen molar-refractivity contribution < 1.29 is 13.9 Å². The SMILES string of the molecule is O=C(Cl)CC1(c2ccc(F)cc2)CCOC2(CCCC2)C1. The molecule has 1 saturated heterocycles. The lowest BCUT2D eigenvalue weighted by Crippen LogP contribution is -2.46. The van der Waals surface area contributed by atoms with Crippen LogP contribution in [-0.2, 0) is 14.9 Å². The van der Waals surface area contributed by atoms with Gasteiger partial charge in [0.15, 0.2) is 0 Å². The molecule has 4 heteroatoms. The van der Waals surface area contributed by atoms with E-state index in [4.69, 9.17) is 16.3 Å². The fourth-order valence-electron chi connectivity index (χ4n) is 4.13. The summed E-state index contributed by atoms with van der Waals surface area (Å²) in [6.45, 7) is 0.640. The second kappa shape index (κ2) is 5.69. The summed E-state index contributed by atoms with van der Waals surface area (Å²) in [7, 11) is 0. The van der Waals surface area contributed by atoms with E-state index in [9.17, 15) is 9.18 Å². The molecule has 1 spiro atoms. The first kappa shape index (κ1) is 15.0. The van der Waals surface area contributed by atoms with E-state index in [1.807, 2.05) is 0 Å². The van der Waals surface area contributed by atoms with Crippen molar-refractivity contribution in [3.05, 3.63) is 35.6 Å². The van der Waals surface area contributed by atoms with Crippen LogP contribution < -0.4 is 0 Å². The Balaban J connectivity index is 1.96. The van der Waals surface area contributed by atoms with Gasteiger partial charge in [-0.15, -0.1) is 0 Å². The zero-order valence-electron chi connectivity index (χ0n) is 12.0. The largest absolute Gasteiger partial charge is 0.375 e. The van der Waals surface area contributed by atoms with Crippen LogP contribution in [0.1, 0.15) is 50.5 Å². The van der Waals surface area contributed by atoms with Gasteiger partial charge in [0.25, 0.3) is 0 Å². The summed E-state index contributed by atoms with van der Waals surface area (Å²) >= 11 is 5.72. The number of hydrogen-bond donors (Lipinski definition) is 0. The molecular weight excluding hydrogens is 291 g/mol. The number of carbonyl (C=O) groups excluding carboxylic acids is 1. The molecular formula is C17H20ClFO2. The number of halogens is 2. The van der Waals surface area contributed by atoms with Gasteiger partial charge in [0.05, 0.1) is 5.60 Å². The Bertz CT molecular complexity index is 522. The van der Waals surface area contributed by atoms with Crippen molar-refractivity contribution in [1.82, 2.24) is 0 Å². The van der Waals surface area contributed by atoms with Crippen LogP contribution in [0.25, 0.3) is 0 Å². The molecule has 1 saturated carbocycles. The van der Waals surface area contributed by atoms with Crippen molar-refractivity contribution in [2.24, 2.45) is 0 Å². The first-order valence-corrected chi connectivity index (χ1v) is 8.00. The van der Waals surface area contributed by atoms with E-state index in [0.29, 0.717) is 13.0 Å². The third-order valence-electron chi connectivity index (χ3n) is 5.10. The molecule has 1 aromatic rings. The van der Waals surface area contributed by atoms with Crippen LogP contribution in [0.15, 0.2) is 24.3 Å². The Morgan fingerprint density at radius 1 is 1.19 bits per heavy atom. The average molecular weight is 311 g/mol. The maximum absolute atomic E-state index is 13.2. The Kier molecular flexibility index (Phi) is 4.06. The average Bonchev–Trinajstić information content (AvgIpc) is 2.86. The third-order valence-corrected chi connectivity index (χ3v) is 5.23. The van der Waals surface area contributed by atoms with Crippen molar-refractivity contribution in [3.63, 3.8) is 0 Å². The molecule has 114 valence electrons. The Morgan fingerprint density at radius 3 is 2.48 bits per heavy atom. The fourth-order valence-corrected chi connectivity index (χ4v) is 4.38. The first-order chi connectivity index (χ1) is 10.0. The lowest BCUT2D eigenvalue weighted by molar-refractivity contribution is -0.121. The second-order valence-corrected chi connectivity index (χ2v) is 6.91. The maximum Gasteiger partial charge on any atom is 0.222 e. The predicted molar refractivity (Wildman–Crippen MR) is 79.9 cm³/mol. The van der Waals surface area contributed by atoms with E-state index < -0.39 is 0 Å². The summed E-state index contributed by atoms with van der Waals surface area (Å²) in [5.41, 5.74) is 0.584. The Labute approximate surface area is 129 Å². The highest BCUT2D eigenvalue weighted by atomic mass is 35.5. The van der Waals surface area contributed by atoms with Crippen molar-refractivity contribution in [2.75, 3.05) is 6.61 Å². The van der Waals surface area contributed by atoms with Crippen LogP contribution in [0.4, 0.5) is 4.39 Å². The second-order valence-electron chi connectivity index (χ2n) is 6.48. The quantitative estimate of drug-likeness (QED) is 0.776. The number of ether oxygens (including phenoxy) is 1. The van der Waals surface area contributed by atoms with Crippen LogP contribution in [0, 0.1) is 5.82 Å². The van der Waals surface area contributed by atoms with Gasteiger partial charge < -0.3 is 4.74 Å². The summed E-state index contributed by atoms with van der Waals surface area (Å²) in [5.74, 6) is -0.256. The molecule has 1 heterocycles. The van der Waals surface area contributed by atoms with Crippen LogP contribution in [-0.4, -0.2) is 17.5 Å². The molecule has 1 aliphatic heterocycles. The molecule has 0 N–H and O–H groups in total.